The molecule has 2 fully saturated rings. The fourth-order valence-electron chi connectivity index (χ4n) is 3.87. The van der Waals surface area contributed by atoms with Crippen LogP contribution in [0.2, 0.25) is 0 Å². The maximum Gasteiger partial charge on any atom is 0.342 e. The first-order valence-electron chi connectivity index (χ1n) is 8.24. The molecule has 3 heterocycles. The van der Waals surface area contributed by atoms with Crippen LogP contribution in [0.3, 0.4) is 0 Å². The zero-order valence-corrected chi connectivity index (χ0v) is 14.1. The Kier molecular flexibility index (Phi) is 3.16. The summed E-state index contributed by atoms with van der Waals surface area (Å²) in [4.78, 5) is 20.5. The monoisotopic (exact) mass is 331 g/mol. The molecule has 0 amide bonds. The molecule has 4 rings (SSSR count). The molecule has 1 aliphatic heterocycles. The zero-order chi connectivity index (χ0) is 17.1. The number of rotatable bonds is 4. The third kappa shape index (κ3) is 2.26. The van der Waals surface area contributed by atoms with E-state index in [2.05, 4.69) is 16.9 Å². The second-order valence-electron chi connectivity index (χ2n) is 7.46. The van der Waals surface area contributed by atoms with Gasteiger partial charge < -0.3 is 14.6 Å². The van der Waals surface area contributed by atoms with Crippen LogP contribution in [0.1, 0.15) is 56.1 Å². The Bertz CT molecular complexity index is 819. The SMILES string of the molecule is CC(C)Oc1nc2nc([C@]34CC[C@](C)(C3)OC4)cn2cc1C(=O)O. The quantitative estimate of drug-likeness (QED) is 0.926. The molecule has 128 valence electrons. The summed E-state index contributed by atoms with van der Waals surface area (Å²) in [6.45, 7) is 6.48. The van der Waals surface area contributed by atoms with Crippen LogP contribution in [-0.4, -0.2) is 43.8 Å². The van der Waals surface area contributed by atoms with Crippen molar-refractivity contribution in [1.29, 1.82) is 0 Å². The third-order valence-electron chi connectivity index (χ3n) is 5.08. The predicted octanol–water partition coefficient (Wildman–Crippen LogP) is 2.43. The number of carbonyl (C=O) groups is 1. The van der Waals surface area contributed by atoms with E-state index in [0.717, 1.165) is 25.0 Å². The van der Waals surface area contributed by atoms with Gasteiger partial charge in [-0.2, -0.15) is 4.98 Å². The summed E-state index contributed by atoms with van der Waals surface area (Å²) in [5, 5.41) is 9.42. The first kappa shape index (κ1) is 15.4. The van der Waals surface area contributed by atoms with Crippen LogP contribution in [0.5, 0.6) is 5.88 Å². The van der Waals surface area contributed by atoms with Crippen molar-refractivity contribution in [3.63, 3.8) is 0 Å². The number of hydrogen-bond donors (Lipinski definition) is 1. The molecule has 1 N–H and O–H groups in total. The Morgan fingerprint density at radius 1 is 1.38 bits per heavy atom. The van der Waals surface area contributed by atoms with Crippen molar-refractivity contribution in [2.24, 2.45) is 0 Å². The number of fused-ring (bicyclic) bond motifs is 3. The average Bonchev–Trinajstić information content (AvgIpc) is 3.15. The number of aromatic nitrogens is 3. The zero-order valence-electron chi connectivity index (χ0n) is 14.1. The fraction of sp³-hybridized carbons (Fsp3) is 0.588. The van der Waals surface area contributed by atoms with E-state index in [9.17, 15) is 9.90 Å². The Balaban J connectivity index is 1.80. The van der Waals surface area contributed by atoms with Gasteiger partial charge in [0.2, 0.25) is 11.7 Å². The predicted molar refractivity (Wildman–Crippen MR) is 85.6 cm³/mol. The molecule has 2 aliphatic rings. The molecule has 7 nitrogen and oxygen atoms in total. The lowest BCUT2D eigenvalue weighted by molar-refractivity contribution is -0.00627. The van der Waals surface area contributed by atoms with Gasteiger partial charge in [-0.3, -0.25) is 4.40 Å². The van der Waals surface area contributed by atoms with Gasteiger partial charge in [0.1, 0.15) is 5.56 Å². The van der Waals surface area contributed by atoms with Crippen LogP contribution >= 0.6 is 0 Å². The average molecular weight is 331 g/mol. The lowest BCUT2D eigenvalue weighted by atomic mass is 9.84. The molecule has 2 bridgehead atoms. The van der Waals surface area contributed by atoms with Crippen molar-refractivity contribution < 1.29 is 19.4 Å². The van der Waals surface area contributed by atoms with E-state index in [-0.39, 0.29) is 28.6 Å². The van der Waals surface area contributed by atoms with E-state index in [4.69, 9.17) is 9.47 Å². The topological polar surface area (TPSA) is 86.0 Å². The van der Waals surface area contributed by atoms with Crippen LogP contribution in [0.25, 0.3) is 5.78 Å². The number of carboxylic acid groups (broad SMARTS) is 1. The lowest BCUT2D eigenvalue weighted by Gasteiger charge is -2.24. The Morgan fingerprint density at radius 3 is 2.71 bits per heavy atom. The summed E-state index contributed by atoms with van der Waals surface area (Å²) in [5.74, 6) is -0.495. The van der Waals surface area contributed by atoms with Gasteiger partial charge in [-0.25, -0.2) is 9.78 Å². The maximum absolute atomic E-state index is 11.5. The van der Waals surface area contributed by atoms with E-state index < -0.39 is 5.97 Å². The number of nitrogens with zero attached hydrogens (tertiary/aromatic N) is 3. The summed E-state index contributed by atoms with van der Waals surface area (Å²) in [5.41, 5.74) is 0.831. The summed E-state index contributed by atoms with van der Waals surface area (Å²) < 4.78 is 13.2. The summed E-state index contributed by atoms with van der Waals surface area (Å²) in [6.07, 6.45) is 6.26. The van der Waals surface area contributed by atoms with Gasteiger partial charge in [-0.15, -0.1) is 0 Å². The fourth-order valence-corrected chi connectivity index (χ4v) is 3.87. The number of ether oxygens (including phenoxy) is 2. The van der Waals surface area contributed by atoms with Crippen molar-refractivity contribution in [3.05, 3.63) is 23.7 Å². The second-order valence-corrected chi connectivity index (χ2v) is 7.46. The molecular weight excluding hydrogens is 310 g/mol. The Labute approximate surface area is 139 Å². The van der Waals surface area contributed by atoms with Gasteiger partial charge in [-0.1, -0.05) is 0 Å². The van der Waals surface area contributed by atoms with Crippen LogP contribution in [0.4, 0.5) is 0 Å². The maximum atomic E-state index is 11.5. The summed E-state index contributed by atoms with van der Waals surface area (Å²) >= 11 is 0. The highest BCUT2D eigenvalue weighted by Crippen LogP contribution is 2.53. The van der Waals surface area contributed by atoms with E-state index in [1.54, 1.807) is 4.40 Å². The van der Waals surface area contributed by atoms with E-state index >= 15 is 0 Å². The van der Waals surface area contributed by atoms with Gasteiger partial charge in [0.25, 0.3) is 0 Å². The molecule has 1 saturated carbocycles. The minimum atomic E-state index is -1.06. The van der Waals surface area contributed by atoms with E-state index in [0.29, 0.717) is 12.4 Å². The minimum Gasteiger partial charge on any atom is -0.477 e. The molecule has 2 aromatic rings. The highest BCUT2D eigenvalue weighted by Gasteiger charge is 2.55. The molecule has 0 radical (unpaired) electrons. The smallest absolute Gasteiger partial charge is 0.342 e. The molecule has 0 aromatic carbocycles. The Hall–Kier alpha value is -2.15. The largest absolute Gasteiger partial charge is 0.477 e. The number of carboxylic acids is 1. The van der Waals surface area contributed by atoms with Gasteiger partial charge in [0, 0.05) is 17.8 Å². The highest BCUT2D eigenvalue weighted by molar-refractivity contribution is 5.90. The first-order chi connectivity index (χ1) is 11.3. The van der Waals surface area contributed by atoms with Crippen molar-refractivity contribution in [3.8, 4) is 5.88 Å². The van der Waals surface area contributed by atoms with Crippen molar-refractivity contribution >= 4 is 11.7 Å². The van der Waals surface area contributed by atoms with Crippen LogP contribution in [0, 0.1) is 0 Å². The summed E-state index contributed by atoms with van der Waals surface area (Å²) in [6, 6.07) is 0. The highest BCUT2D eigenvalue weighted by atomic mass is 16.5. The molecular formula is C17H21N3O4. The normalized spacial score (nSPS) is 28.8. The van der Waals surface area contributed by atoms with Gasteiger partial charge in [0.05, 0.1) is 24.0 Å². The first-order valence-corrected chi connectivity index (χ1v) is 8.24. The molecule has 7 heteroatoms. The number of imidazole rings is 1. The minimum absolute atomic E-state index is 0.0385. The second kappa shape index (κ2) is 4.92. The molecule has 2 atom stereocenters. The van der Waals surface area contributed by atoms with Crippen molar-refractivity contribution in [2.75, 3.05) is 6.61 Å². The Morgan fingerprint density at radius 2 is 2.17 bits per heavy atom. The number of hydrogen-bond acceptors (Lipinski definition) is 5. The molecule has 1 saturated heterocycles. The van der Waals surface area contributed by atoms with Crippen LogP contribution < -0.4 is 4.74 Å². The molecule has 2 aromatic heterocycles. The van der Waals surface area contributed by atoms with E-state index in [1.165, 1.54) is 6.20 Å². The van der Waals surface area contributed by atoms with Gasteiger partial charge >= 0.3 is 5.97 Å². The van der Waals surface area contributed by atoms with Crippen molar-refractivity contribution in [2.45, 2.75) is 57.2 Å². The molecule has 1 aliphatic carbocycles. The lowest BCUT2D eigenvalue weighted by Crippen LogP contribution is -2.26. The van der Waals surface area contributed by atoms with Gasteiger partial charge in [0.15, 0.2) is 0 Å². The van der Waals surface area contributed by atoms with Gasteiger partial charge in [-0.05, 0) is 40.0 Å². The molecule has 0 spiro atoms. The van der Waals surface area contributed by atoms with Crippen molar-refractivity contribution in [1.82, 2.24) is 14.4 Å². The van der Waals surface area contributed by atoms with Crippen LogP contribution in [0.15, 0.2) is 12.4 Å². The molecule has 24 heavy (non-hydrogen) atoms. The third-order valence-corrected chi connectivity index (χ3v) is 5.08. The number of aromatic carboxylic acids is 1. The molecule has 0 unspecified atom stereocenters. The van der Waals surface area contributed by atoms with Crippen LogP contribution in [-0.2, 0) is 10.2 Å². The standard InChI is InChI=1S/C17H21N3O4/c1-10(2)24-13-11(14(21)22)6-20-7-12(18-15(20)19-13)17-5-4-16(3,8-17)23-9-17/h6-7,10H,4-5,8-9H2,1-3H3,(H,21,22)/t16-,17-/m1/s1. The van der Waals surface area contributed by atoms with E-state index in [1.807, 2.05) is 20.0 Å². The summed E-state index contributed by atoms with van der Waals surface area (Å²) in [7, 11) is 0.